The average Bonchev–Trinajstić information content (AvgIpc) is 2.51. The number of fused-ring (bicyclic) bond motifs is 1. The minimum atomic E-state index is 0.439. The van der Waals surface area contributed by atoms with Crippen molar-refractivity contribution in [2.75, 3.05) is 0 Å². The highest BCUT2D eigenvalue weighted by Crippen LogP contribution is 2.30. The first-order valence-corrected chi connectivity index (χ1v) is 5.63. The second kappa shape index (κ2) is 3.76. The van der Waals surface area contributed by atoms with Crippen LogP contribution in [0.25, 0.3) is 10.9 Å². The standard InChI is InChI=1S/C10H6Br2N2/c11-8-3-7-6(1-2-13)5-14-10(7)4-9(8)12/h3-5,14H,1H2. The van der Waals surface area contributed by atoms with E-state index in [1.54, 1.807) is 0 Å². The minimum Gasteiger partial charge on any atom is -0.361 e. The first-order chi connectivity index (χ1) is 6.72. The fraction of sp³-hybridized carbons (Fsp3) is 0.100. The van der Waals surface area contributed by atoms with Crippen LogP contribution >= 0.6 is 31.9 Å². The maximum atomic E-state index is 8.64. The number of aromatic nitrogens is 1. The zero-order valence-electron chi connectivity index (χ0n) is 7.14. The van der Waals surface area contributed by atoms with Gasteiger partial charge in [-0.25, -0.2) is 0 Å². The Kier molecular flexibility index (Phi) is 2.62. The molecule has 0 spiro atoms. The summed E-state index contributed by atoms with van der Waals surface area (Å²) in [6.07, 6.45) is 2.32. The Morgan fingerprint density at radius 3 is 2.71 bits per heavy atom. The molecule has 0 atom stereocenters. The Bertz CT molecular complexity index is 523. The number of nitrogens with zero attached hydrogens (tertiary/aromatic N) is 1. The van der Waals surface area contributed by atoms with Crippen molar-refractivity contribution in [1.29, 1.82) is 5.26 Å². The molecular weight excluding hydrogens is 308 g/mol. The molecule has 0 unspecified atom stereocenters. The van der Waals surface area contributed by atoms with Crippen LogP contribution in [0.2, 0.25) is 0 Å². The Morgan fingerprint density at radius 1 is 1.29 bits per heavy atom. The van der Waals surface area contributed by atoms with Gasteiger partial charge in [0, 0.05) is 26.0 Å². The van der Waals surface area contributed by atoms with Gasteiger partial charge in [0.25, 0.3) is 0 Å². The Morgan fingerprint density at radius 2 is 2.00 bits per heavy atom. The average molecular weight is 314 g/mol. The van der Waals surface area contributed by atoms with E-state index in [1.807, 2.05) is 18.3 Å². The molecule has 4 heteroatoms. The number of nitrogens with one attached hydrogen (secondary N) is 1. The lowest BCUT2D eigenvalue weighted by Gasteiger charge is -1.97. The molecule has 2 rings (SSSR count). The molecule has 70 valence electrons. The summed E-state index contributed by atoms with van der Waals surface area (Å²) in [5, 5.41) is 9.74. The summed E-state index contributed by atoms with van der Waals surface area (Å²) in [6, 6.07) is 6.17. The van der Waals surface area contributed by atoms with Crippen molar-refractivity contribution in [1.82, 2.24) is 4.98 Å². The molecule has 0 saturated carbocycles. The van der Waals surface area contributed by atoms with Crippen LogP contribution in [0.1, 0.15) is 5.56 Å². The lowest BCUT2D eigenvalue weighted by Crippen LogP contribution is -1.78. The summed E-state index contributed by atoms with van der Waals surface area (Å²) < 4.78 is 2.01. The first-order valence-electron chi connectivity index (χ1n) is 4.04. The van der Waals surface area contributed by atoms with E-state index in [2.05, 4.69) is 42.9 Å². The second-order valence-electron chi connectivity index (χ2n) is 2.96. The van der Waals surface area contributed by atoms with Crippen molar-refractivity contribution < 1.29 is 0 Å². The number of halogens is 2. The summed E-state index contributed by atoms with van der Waals surface area (Å²) in [4.78, 5) is 3.14. The summed E-state index contributed by atoms with van der Waals surface area (Å²) in [7, 11) is 0. The maximum absolute atomic E-state index is 8.64. The summed E-state index contributed by atoms with van der Waals surface area (Å²) >= 11 is 6.88. The molecule has 1 aromatic heterocycles. The van der Waals surface area contributed by atoms with E-state index >= 15 is 0 Å². The predicted molar refractivity (Wildman–Crippen MR) is 63.0 cm³/mol. The third-order valence-corrected chi connectivity index (χ3v) is 3.92. The molecule has 0 fully saturated rings. The van der Waals surface area contributed by atoms with Gasteiger partial charge in [0.1, 0.15) is 0 Å². The van der Waals surface area contributed by atoms with Gasteiger partial charge in [0.05, 0.1) is 12.5 Å². The van der Waals surface area contributed by atoms with Crippen molar-refractivity contribution in [3.63, 3.8) is 0 Å². The van der Waals surface area contributed by atoms with Gasteiger partial charge in [-0.1, -0.05) is 0 Å². The van der Waals surface area contributed by atoms with Crippen LogP contribution in [0.3, 0.4) is 0 Å². The van der Waals surface area contributed by atoms with Crippen molar-refractivity contribution in [3.05, 3.63) is 32.8 Å². The number of benzene rings is 1. The Hall–Kier alpha value is -0.790. The van der Waals surface area contributed by atoms with E-state index in [0.717, 1.165) is 25.4 Å². The lowest BCUT2D eigenvalue weighted by atomic mass is 10.1. The van der Waals surface area contributed by atoms with Gasteiger partial charge < -0.3 is 4.98 Å². The van der Waals surface area contributed by atoms with Crippen molar-refractivity contribution in [2.45, 2.75) is 6.42 Å². The highest BCUT2D eigenvalue weighted by atomic mass is 79.9. The smallest absolute Gasteiger partial charge is 0.0670 e. The predicted octanol–water partition coefficient (Wildman–Crippen LogP) is 3.76. The monoisotopic (exact) mass is 312 g/mol. The number of H-pyrrole nitrogens is 1. The maximum Gasteiger partial charge on any atom is 0.0670 e. The van der Waals surface area contributed by atoms with Crippen molar-refractivity contribution in [2.24, 2.45) is 0 Å². The molecule has 2 aromatic rings. The molecule has 2 nitrogen and oxygen atoms in total. The molecule has 1 aromatic carbocycles. The number of nitriles is 1. The number of hydrogen-bond donors (Lipinski definition) is 1. The summed E-state index contributed by atoms with van der Waals surface area (Å²) in [5.74, 6) is 0. The topological polar surface area (TPSA) is 39.6 Å². The fourth-order valence-electron chi connectivity index (χ4n) is 1.41. The third kappa shape index (κ3) is 1.58. The van der Waals surface area contributed by atoms with Gasteiger partial charge in [-0.3, -0.25) is 0 Å². The fourth-order valence-corrected chi connectivity index (χ4v) is 2.09. The molecule has 1 N–H and O–H groups in total. The number of aromatic amines is 1. The molecule has 14 heavy (non-hydrogen) atoms. The quantitative estimate of drug-likeness (QED) is 0.855. The molecule has 0 saturated heterocycles. The van der Waals surface area contributed by atoms with Gasteiger partial charge >= 0.3 is 0 Å². The molecular formula is C10H6Br2N2. The highest BCUT2D eigenvalue weighted by Gasteiger charge is 2.06. The van der Waals surface area contributed by atoms with Crippen molar-refractivity contribution in [3.8, 4) is 6.07 Å². The lowest BCUT2D eigenvalue weighted by molar-refractivity contribution is 1.28. The van der Waals surface area contributed by atoms with Gasteiger partial charge in [-0.05, 0) is 49.6 Å². The normalized spacial score (nSPS) is 10.4. The second-order valence-corrected chi connectivity index (χ2v) is 4.67. The van der Waals surface area contributed by atoms with Crippen molar-refractivity contribution >= 4 is 42.8 Å². The van der Waals surface area contributed by atoms with E-state index in [4.69, 9.17) is 5.26 Å². The molecule has 0 amide bonds. The van der Waals surface area contributed by atoms with Gasteiger partial charge in [0.2, 0.25) is 0 Å². The molecule has 0 bridgehead atoms. The highest BCUT2D eigenvalue weighted by molar-refractivity contribution is 9.13. The van der Waals surface area contributed by atoms with Crippen LogP contribution in [0, 0.1) is 11.3 Å². The van der Waals surface area contributed by atoms with Crippen LogP contribution in [-0.2, 0) is 6.42 Å². The molecule has 0 aliphatic rings. The van der Waals surface area contributed by atoms with E-state index in [-0.39, 0.29) is 0 Å². The SMILES string of the molecule is N#CCc1c[nH]c2cc(Br)c(Br)cc12. The van der Waals surface area contributed by atoms with Gasteiger partial charge in [-0.2, -0.15) is 5.26 Å². The molecule has 0 aliphatic heterocycles. The summed E-state index contributed by atoms with van der Waals surface area (Å²) in [6.45, 7) is 0. The van der Waals surface area contributed by atoms with Crippen LogP contribution in [-0.4, -0.2) is 4.98 Å². The van der Waals surface area contributed by atoms with E-state index in [0.29, 0.717) is 6.42 Å². The molecule has 1 heterocycles. The van der Waals surface area contributed by atoms with E-state index in [9.17, 15) is 0 Å². The first kappa shape index (κ1) is 9.75. The largest absolute Gasteiger partial charge is 0.361 e. The molecule has 0 radical (unpaired) electrons. The molecule has 0 aliphatic carbocycles. The van der Waals surface area contributed by atoms with Crippen LogP contribution in [0.15, 0.2) is 27.3 Å². The number of hydrogen-bond acceptors (Lipinski definition) is 1. The van der Waals surface area contributed by atoms with E-state index in [1.165, 1.54) is 0 Å². The zero-order chi connectivity index (χ0) is 10.1. The van der Waals surface area contributed by atoms with Gasteiger partial charge in [-0.15, -0.1) is 0 Å². The van der Waals surface area contributed by atoms with Crippen LogP contribution in [0.5, 0.6) is 0 Å². The number of rotatable bonds is 1. The van der Waals surface area contributed by atoms with Crippen LogP contribution in [0.4, 0.5) is 0 Å². The minimum absolute atomic E-state index is 0.439. The Labute approximate surface area is 98.2 Å². The third-order valence-electron chi connectivity index (χ3n) is 2.08. The summed E-state index contributed by atoms with van der Waals surface area (Å²) in [5.41, 5.74) is 2.08. The zero-order valence-corrected chi connectivity index (χ0v) is 10.3. The van der Waals surface area contributed by atoms with E-state index < -0.39 is 0 Å². The van der Waals surface area contributed by atoms with Gasteiger partial charge in [0.15, 0.2) is 0 Å². The Balaban J connectivity index is 2.69. The van der Waals surface area contributed by atoms with Crippen LogP contribution < -0.4 is 0 Å².